The van der Waals surface area contributed by atoms with Crippen LogP contribution in [0.25, 0.3) is 0 Å². The zero-order valence-corrected chi connectivity index (χ0v) is 15.4. The molecule has 0 amide bonds. The number of hydrogen-bond donors (Lipinski definition) is 0. The number of benzene rings is 1. The number of sulfone groups is 1. The van der Waals surface area contributed by atoms with Gasteiger partial charge in [-0.2, -0.15) is 8.42 Å². The van der Waals surface area contributed by atoms with Crippen molar-refractivity contribution in [3.63, 3.8) is 0 Å². The van der Waals surface area contributed by atoms with Gasteiger partial charge in [0.05, 0.1) is 48.6 Å². The van der Waals surface area contributed by atoms with E-state index in [2.05, 4.69) is 6.58 Å². The van der Waals surface area contributed by atoms with Crippen LogP contribution in [0.4, 0.5) is 5.69 Å². The van der Waals surface area contributed by atoms with Crippen molar-refractivity contribution in [2.24, 2.45) is 0 Å². The summed E-state index contributed by atoms with van der Waals surface area (Å²) in [5, 5.41) is 11.4. The molecule has 0 fully saturated rings. The summed E-state index contributed by atoms with van der Waals surface area (Å²) < 4.78 is 60.8. The minimum absolute atomic E-state index is 0.00271. The number of non-ortho nitro benzene ring substituents is 1. The van der Waals surface area contributed by atoms with Gasteiger partial charge in [0.15, 0.2) is 9.84 Å². The quantitative estimate of drug-likeness (QED) is 0.201. The van der Waals surface area contributed by atoms with E-state index in [-0.39, 0.29) is 49.4 Å². The summed E-state index contributed by atoms with van der Waals surface area (Å²) in [6.45, 7) is 3.18. The first kappa shape index (κ1) is 22.2. The fourth-order valence-electron chi connectivity index (χ4n) is 1.59. The molecule has 12 heteroatoms. The molecular weight excluding hydrogens is 390 g/mol. The van der Waals surface area contributed by atoms with Gasteiger partial charge in [0.2, 0.25) is 0 Å². The van der Waals surface area contributed by atoms with Gasteiger partial charge in [-0.05, 0) is 12.1 Å². The smallest absolute Gasteiger partial charge is 0.297 e. The molecule has 10 nitrogen and oxygen atoms in total. The van der Waals surface area contributed by atoms with E-state index >= 15 is 0 Å². The highest BCUT2D eigenvalue weighted by molar-refractivity contribution is 7.94. The molecule has 0 radical (unpaired) electrons. The fraction of sp³-hybridized carbons (Fsp3) is 0.429. The first-order valence-electron chi connectivity index (χ1n) is 7.32. The second-order valence-electron chi connectivity index (χ2n) is 4.79. The van der Waals surface area contributed by atoms with Crippen molar-refractivity contribution in [3.05, 3.63) is 46.4 Å². The van der Waals surface area contributed by atoms with E-state index in [9.17, 15) is 26.9 Å². The Morgan fingerprint density at radius 2 is 1.50 bits per heavy atom. The second-order valence-corrected chi connectivity index (χ2v) is 8.47. The summed E-state index contributed by atoms with van der Waals surface area (Å²) in [5.74, 6) is -0.174. The standard InChI is InChI=1S/C14H19NO9S2/c1-2-25(18,19)12-11-23-8-7-22-9-10-24-26(20,21)14-5-3-13(4-6-14)15(16)17/h2-6H,1,7-12H2. The van der Waals surface area contributed by atoms with E-state index < -0.39 is 24.9 Å². The zero-order valence-electron chi connectivity index (χ0n) is 13.8. The Hall–Kier alpha value is -1.86. The monoisotopic (exact) mass is 409 g/mol. The molecule has 1 aromatic carbocycles. The van der Waals surface area contributed by atoms with Crippen molar-refractivity contribution >= 4 is 25.6 Å². The van der Waals surface area contributed by atoms with Crippen LogP contribution in [0.1, 0.15) is 0 Å². The Morgan fingerprint density at radius 3 is 2.04 bits per heavy atom. The van der Waals surface area contributed by atoms with Gasteiger partial charge in [-0.1, -0.05) is 6.58 Å². The summed E-state index contributed by atoms with van der Waals surface area (Å²) in [7, 11) is -7.33. The highest BCUT2D eigenvalue weighted by atomic mass is 32.2. The summed E-state index contributed by atoms with van der Waals surface area (Å²) >= 11 is 0. The van der Waals surface area contributed by atoms with Crippen molar-refractivity contribution in [2.45, 2.75) is 4.90 Å². The number of nitrogens with zero attached hydrogens (tertiary/aromatic N) is 1. The first-order valence-corrected chi connectivity index (χ1v) is 10.4. The molecule has 0 spiro atoms. The third-order valence-electron chi connectivity index (χ3n) is 2.94. The predicted octanol–water partition coefficient (Wildman–Crippen LogP) is 0.892. The van der Waals surface area contributed by atoms with Gasteiger partial charge >= 0.3 is 0 Å². The van der Waals surface area contributed by atoms with Crippen LogP contribution in [-0.4, -0.2) is 60.5 Å². The summed E-state index contributed by atoms with van der Waals surface area (Å²) in [4.78, 5) is 9.69. The lowest BCUT2D eigenvalue weighted by Gasteiger charge is -2.07. The van der Waals surface area contributed by atoms with Crippen LogP contribution in [0, 0.1) is 10.1 Å². The van der Waals surface area contributed by atoms with Crippen LogP contribution < -0.4 is 0 Å². The molecule has 0 atom stereocenters. The molecule has 0 N–H and O–H groups in total. The van der Waals surface area contributed by atoms with Crippen molar-refractivity contribution in [2.75, 3.05) is 38.8 Å². The van der Waals surface area contributed by atoms with Gasteiger partial charge in [0.25, 0.3) is 15.8 Å². The first-order chi connectivity index (χ1) is 12.2. The molecule has 0 unspecified atom stereocenters. The molecule has 0 aliphatic rings. The van der Waals surface area contributed by atoms with Crippen LogP contribution in [0.5, 0.6) is 0 Å². The van der Waals surface area contributed by atoms with Crippen molar-refractivity contribution in [1.29, 1.82) is 0 Å². The highest BCUT2D eigenvalue weighted by Gasteiger charge is 2.16. The predicted molar refractivity (Wildman–Crippen MR) is 91.9 cm³/mol. The molecule has 0 saturated heterocycles. The Morgan fingerprint density at radius 1 is 0.962 bits per heavy atom. The highest BCUT2D eigenvalue weighted by Crippen LogP contribution is 2.17. The lowest BCUT2D eigenvalue weighted by atomic mass is 10.3. The van der Waals surface area contributed by atoms with Gasteiger partial charge < -0.3 is 9.47 Å². The molecule has 146 valence electrons. The maximum Gasteiger partial charge on any atom is 0.297 e. The van der Waals surface area contributed by atoms with E-state index in [0.717, 1.165) is 29.7 Å². The molecule has 26 heavy (non-hydrogen) atoms. The summed E-state index contributed by atoms with van der Waals surface area (Å²) in [6, 6.07) is 4.30. The van der Waals surface area contributed by atoms with Crippen LogP contribution >= 0.6 is 0 Å². The molecule has 0 heterocycles. The van der Waals surface area contributed by atoms with Crippen LogP contribution in [-0.2, 0) is 33.6 Å². The number of ether oxygens (including phenoxy) is 2. The lowest BCUT2D eigenvalue weighted by Crippen LogP contribution is -2.15. The topological polar surface area (TPSA) is 139 Å². The van der Waals surface area contributed by atoms with Gasteiger partial charge in [0.1, 0.15) is 0 Å². The van der Waals surface area contributed by atoms with Gasteiger partial charge in [-0.3, -0.25) is 14.3 Å². The van der Waals surface area contributed by atoms with Crippen molar-refractivity contribution in [3.8, 4) is 0 Å². The lowest BCUT2D eigenvalue weighted by molar-refractivity contribution is -0.384. The van der Waals surface area contributed by atoms with Crippen LogP contribution in [0.2, 0.25) is 0 Å². The van der Waals surface area contributed by atoms with E-state index in [1.54, 1.807) is 0 Å². The van der Waals surface area contributed by atoms with Crippen molar-refractivity contribution < 1.29 is 35.4 Å². The number of nitro groups is 1. The average molecular weight is 409 g/mol. The Labute approximate surface area is 151 Å². The molecule has 0 aromatic heterocycles. The zero-order chi connectivity index (χ0) is 19.6. The minimum Gasteiger partial charge on any atom is -0.378 e. The van der Waals surface area contributed by atoms with E-state index in [1.807, 2.05) is 0 Å². The summed E-state index contributed by atoms with van der Waals surface area (Å²) in [5.41, 5.74) is -0.229. The number of nitro benzene ring substituents is 1. The second kappa shape index (κ2) is 10.3. The molecule has 0 aliphatic carbocycles. The Bertz CT molecular complexity index is 801. The molecule has 0 saturated carbocycles. The normalized spacial score (nSPS) is 12.0. The van der Waals surface area contributed by atoms with Gasteiger partial charge in [0, 0.05) is 17.5 Å². The third kappa shape index (κ3) is 8.01. The molecule has 1 aromatic rings. The van der Waals surface area contributed by atoms with Gasteiger partial charge in [-0.15, -0.1) is 0 Å². The SMILES string of the molecule is C=CS(=O)(=O)CCOCCOCCOS(=O)(=O)c1ccc([N+](=O)[O-])cc1. The summed E-state index contributed by atoms with van der Waals surface area (Å²) in [6.07, 6.45) is 0. The number of rotatable bonds is 13. The van der Waals surface area contributed by atoms with Crippen LogP contribution in [0.15, 0.2) is 41.1 Å². The molecule has 0 aliphatic heterocycles. The van der Waals surface area contributed by atoms with Crippen LogP contribution in [0.3, 0.4) is 0 Å². The largest absolute Gasteiger partial charge is 0.378 e. The fourth-order valence-corrected chi connectivity index (χ4v) is 3.00. The molecular formula is C14H19NO9S2. The Kier molecular flexibility index (Phi) is 8.81. The molecule has 0 bridgehead atoms. The molecule has 1 rings (SSSR count). The van der Waals surface area contributed by atoms with Crippen molar-refractivity contribution in [1.82, 2.24) is 0 Å². The minimum atomic E-state index is -4.03. The third-order valence-corrected chi connectivity index (χ3v) is 5.51. The van der Waals surface area contributed by atoms with E-state index in [1.165, 1.54) is 0 Å². The average Bonchev–Trinajstić information content (AvgIpc) is 2.60. The number of hydrogen-bond acceptors (Lipinski definition) is 9. The van der Waals surface area contributed by atoms with E-state index in [0.29, 0.717) is 0 Å². The van der Waals surface area contributed by atoms with E-state index in [4.69, 9.17) is 13.7 Å². The maximum atomic E-state index is 11.9. The maximum absolute atomic E-state index is 11.9. The Balaban J connectivity index is 2.22. The van der Waals surface area contributed by atoms with Gasteiger partial charge in [-0.25, -0.2) is 8.42 Å².